The van der Waals surface area contributed by atoms with Gasteiger partial charge in [-0.3, -0.25) is 9.59 Å². The Labute approximate surface area is 177 Å². The van der Waals surface area contributed by atoms with Gasteiger partial charge in [0.05, 0.1) is 5.56 Å². The van der Waals surface area contributed by atoms with Crippen LogP contribution < -0.4 is 15.4 Å². The number of carbonyl (C=O) groups is 2. The minimum atomic E-state index is -0.240. The van der Waals surface area contributed by atoms with Gasteiger partial charge >= 0.3 is 0 Å². The molecule has 0 saturated carbocycles. The Balaban J connectivity index is 1.77. The average Bonchev–Trinajstić information content (AvgIpc) is 2.76. The van der Waals surface area contributed by atoms with Crippen LogP contribution in [-0.2, 0) is 11.3 Å². The molecule has 0 radical (unpaired) electrons. The topological polar surface area (TPSA) is 67.4 Å². The van der Waals surface area contributed by atoms with Crippen molar-refractivity contribution in [1.29, 1.82) is 0 Å². The van der Waals surface area contributed by atoms with Gasteiger partial charge in [-0.05, 0) is 41.3 Å². The van der Waals surface area contributed by atoms with Crippen molar-refractivity contribution in [2.45, 2.75) is 33.4 Å². The Hall–Kier alpha value is -3.34. The van der Waals surface area contributed by atoms with Crippen molar-refractivity contribution < 1.29 is 14.3 Å². The van der Waals surface area contributed by atoms with Gasteiger partial charge in [-0.1, -0.05) is 68.4 Å². The summed E-state index contributed by atoms with van der Waals surface area (Å²) in [6, 6.07) is 21.1. The molecule has 0 saturated heterocycles. The standard InChI is InChI=1S/C25H28N2O3/c1-17(2)18(3)27-24(28)16-30-23-14-21-12-8-7-11-20(21)13-22(23)25(29)26-15-19-9-5-4-6-10-19/h4-14,17-18H,15-16H2,1-3H3,(H,26,29)(H,27,28)/t18-/m0/s1. The number of hydrogen-bond acceptors (Lipinski definition) is 3. The van der Waals surface area contributed by atoms with Crippen molar-refractivity contribution in [3.8, 4) is 5.75 Å². The Bertz CT molecular complexity index is 1020. The van der Waals surface area contributed by atoms with Gasteiger partial charge in [-0.2, -0.15) is 0 Å². The van der Waals surface area contributed by atoms with Gasteiger partial charge < -0.3 is 15.4 Å². The molecule has 5 heteroatoms. The van der Waals surface area contributed by atoms with Crippen LogP contribution in [0.1, 0.15) is 36.7 Å². The van der Waals surface area contributed by atoms with Crippen LogP contribution in [0.15, 0.2) is 66.7 Å². The summed E-state index contributed by atoms with van der Waals surface area (Å²) in [5.41, 5.74) is 1.42. The fourth-order valence-electron chi connectivity index (χ4n) is 3.00. The molecule has 0 aliphatic heterocycles. The number of carbonyl (C=O) groups excluding carboxylic acids is 2. The zero-order valence-corrected chi connectivity index (χ0v) is 17.6. The van der Waals surface area contributed by atoms with Gasteiger partial charge in [0.1, 0.15) is 5.75 Å². The van der Waals surface area contributed by atoms with E-state index in [9.17, 15) is 9.59 Å². The number of amides is 2. The highest BCUT2D eigenvalue weighted by atomic mass is 16.5. The Kier molecular flexibility index (Phi) is 7.07. The molecule has 3 aromatic rings. The van der Waals surface area contributed by atoms with Crippen LogP contribution in [0.4, 0.5) is 0 Å². The molecular formula is C25H28N2O3. The predicted octanol–water partition coefficient (Wildman–Crippen LogP) is 4.31. The van der Waals surface area contributed by atoms with E-state index in [1.54, 1.807) is 6.07 Å². The first-order valence-corrected chi connectivity index (χ1v) is 10.2. The lowest BCUT2D eigenvalue weighted by molar-refractivity contribution is -0.124. The first-order chi connectivity index (χ1) is 14.4. The van der Waals surface area contributed by atoms with Crippen LogP contribution in [0.25, 0.3) is 10.8 Å². The van der Waals surface area contributed by atoms with Crippen LogP contribution in [0.2, 0.25) is 0 Å². The van der Waals surface area contributed by atoms with Crippen LogP contribution in [0.5, 0.6) is 5.75 Å². The van der Waals surface area contributed by atoms with E-state index >= 15 is 0 Å². The van der Waals surface area contributed by atoms with E-state index in [4.69, 9.17) is 4.74 Å². The van der Waals surface area contributed by atoms with Crippen molar-refractivity contribution >= 4 is 22.6 Å². The van der Waals surface area contributed by atoms with E-state index in [0.29, 0.717) is 23.8 Å². The molecule has 3 aromatic carbocycles. The lowest BCUT2D eigenvalue weighted by Crippen LogP contribution is -2.39. The van der Waals surface area contributed by atoms with Gasteiger partial charge in [-0.25, -0.2) is 0 Å². The normalized spacial score (nSPS) is 11.9. The maximum atomic E-state index is 12.9. The van der Waals surface area contributed by atoms with Crippen molar-refractivity contribution in [3.05, 3.63) is 77.9 Å². The molecule has 0 heterocycles. The summed E-state index contributed by atoms with van der Waals surface area (Å²) in [6.45, 7) is 6.32. The third-order valence-electron chi connectivity index (χ3n) is 5.14. The van der Waals surface area contributed by atoms with E-state index in [1.807, 2.05) is 81.4 Å². The minimum Gasteiger partial charge on any atom is -0.483 e. The van der Waals surface area contributed by atoms with Gasteiger partial charge in [0.15, 0.2) is 6.61 Å². The molecular weight excluding hydrogens is 376 g/mol. The number of benzene rings is 3. The second-order valence-electron chi connectivity index (χ2n) is 7.75. The fraction of sp³-hybridized carbons (Fsp3) is 0.280. The molecule has 2 amide bonds. The molecule has 0 unspecified atom stereocenters. The summed E-state index contributed by atoms with van der Waals surface area (Å²) < 4.78 is 5.79. The van der Waals surface area contributed by atoms with E-state index in [-0.39, 0.29) is 24.5 Å². The first kappa shape index (κ1) is 21.4. The second kappa shape index (κ2) is 9.92. The largest absolute Gasteiger partial charge is 0.483 e. The Morgan fingerprint density at radius 3 is 2.20 bits per heavy atom. The van der Waals surface area contributed by atoms with Crippen LogP contribution in [-0.4, -0.2) is 24.5 Å². The van der Waals surface area contributed by atoms with E-state index in [1.165, 1.54) is 0 Å². The molecule has 0 bridgehead atoms. The average molecular weight is 405 g/mol. The molecule has 3 rings (SSSR count). The van der Waals surface area contributed by atoms with E-state index in [0.717, 1.165) is 16.3 Å². The lowest BCUT2D eigenvalue weighted by atomic mass is 10.0. The quantitative estimate of drug-likeness (QED) is 0.588. The zero-order valence-electron chi connectivity index (χ0n) is 17.6. The summed E-state index contributed by atoms with van der Waals surface area (Å²) in [5.74, 6) is 0.274. The van der Waals surface area contributed by atoms with Gasteiger partial charge in [-0.15, -0.1) is 0 Å². The van der Waals surface area contributed by atoms with Crippen LogP contribution in [0, 0.1) is 5.92 Å². The maximum absolute atomic E-state index is 12.9. The van der Waals surface area contributed by atoms with Crippen LogP contribution in [0.3, 0.4) is 0 Å². The summed E-state index contributed by atoms with van der Waals surface area (Å²) in [7, 11) is 0. The third kappa shape index (κ3) is 5.60. The Morgan fingerprint density at radius 2 is 1.53 bits per heavy atom. The highest BCUT2D eigenvalue weighted by Gasteiger charge is 2.17. The van der Waals surface area contributed by atoms with Gasteiger partial charge in [0, 0.05) is 12.6 Å². The molecule has 5 nitrogen and oxygen atoms in total. The number of nitrogens with one attached hydrogen (secondary N) is 2. The van der Waals surface area contributed by atoms with Crippen molar-refractivity contribution in [2.24, 2.45) is 5.92 Å². The number of ether oxygens (including phenoxy) is 1. The van der Waals surface area contributed by atoms with Crippen molar-refractivity contribution in [3.63, 3.8) is 0 Å². The van der Waals surface area contributed by atoms with E-state index in [2.05, 4.69) is 10.6 Å². The molecule has 30 heavy (non-hydrogen) atoms. The first-order valence-electron chi connectivity index (χ1n) is 10.2. The van der Waals surface area contributed by atoms with Crippen molar-refractivity contribution in [2.75, 3.05) is 6.61 Å². The third-order valence-corrected chi connectivity index (χ3v) is 5.14. The predicted molar refractivity (Wildman–Crippen MR) is 119 cm³/mol. The summed E-state index contributed by atoms with van der Waals surface area (Å²) in [5, 5.41) is 7.74. The minimum absolute atomic E-state index is 0.0475. The highest BCUT2D eigenvalue weighted by molar-refractivity contribution is 6.01. The lowest BCUT2D eigenvalue weighted by Gasteiger charge is -2.18. The number of hydrogen-bond donors (Lipinski definition) is 2. The molecule has 1 atom stereocenters. The van der Waals surface area contributed by atoms with Gasteiger partial charge in [0.2, 0.25) is 0 Å². The maximum Gasteiger partial charge on any atom is 0.258 e. The SMILES string of the molecule is CC(C)[C@H](C)NC(=O)COc1cc2ccccc2cc1C(=O)NCc1ccccc1. The molecule has 0 fully saturated rings. The molecule has 0 aliphatic carbocycles. The fourth-order valence-corrected chi connectivity index (χ4v) is 3.00. The Morgan fingerprint density at radius 1 is 0.900 bits per heavy atom. The second-order valence-corrected chi connectivity index (χ2v) is 7.75. The zero-order chi connectivity index (χ0) is 21.5. The summed E-state index contributed by atoms with van der Waals surface area (Å²) in [4.78, 5) is 25.2. The summed E-state index contributed by atoms with van der Waals surface area (Å²) in [6.07, 6.45) is 0. The smallest absolute Gasteiger partial charge is 0.258 e. The van der Waals surface area contributed by atoms with Crippen molar-refractivity contribution in [1.82, 2.24) is 10.6 Å². The van der Waals surface area contributed by atoms with E-state index < -0.39 is 0 Å². The number of fused-ring (bicyclic) bond motifs is 1. The molecule has 2 N–H and O–H groups in total. The summed E-state index contributed by atoms with van der Waals surface area (Å²) >= 11 is 0. The number of rotatable bonds is 8. The monoisotopic (exact) mass is 404 g/mol. The molecule has 156 valence electrons. The molecule has 0 spiro atoms. The van der Waals surface area contributed by atoms with Crippen LogP contribution >= 0.6 is 0 Å². The molecule has 0 aliphatic rings. The van der Waals surface area contributed by atoms with Gasteiger partial charge in [0.25, 0.3) is 11.8 Å². The highest BCUT2D eigenvalue weighted by Crippen LogP contribution is 2.26. The molecule has 0 aromatic heterocycles.